The summed E-state index contributed by atoms with van der Waals surface area (Å²) in [5.74, 6) is 0.494. The minimum atomic E-state index is 0.494. The summed E-state index contributed by atoms with van der Waals surface area (Å²) >= 11 is 6.54. The fourth-order valence-electron chi connectivity index (χ4n) is 3.70. The van der Waals surface area contributed by atoms with Gasteiger partial charge in [-0.05, 0) is 68.4 Å². The van der Waals surface area contributed by atoms with Gasteiger partial charge in [0.05, 0.1) is 0 Å². The van der Waals surface area contributed by atoms with Crippen LogP contribution in [0.1, 0.15) is 64.5 Å². The van der Waals surface area contributed by atoms with Crippen LogP contribution in [0.15, 0.2) is 35.4 Å². The number of allylic oxidation sites excluding steroid dienone is 4. The van der Waals surface area contributed by atoms with Crippen LogP contribution >= 0.6 is 11.6 Å². The highest BCUT2D eigenvalue weighted by Gasteiger charge is 2.41. The molecule has 2 aliphatic rings. The maximum absolute atomic E-state index is 6.54. The Morgan fingerprint density at radius 1 is 1.26 bits per heavy atom. The average Bonchev–Trinajstić information content (AvgIpc) is 3.27. The van der Waals surface area contributed by atoms with E-state index in [1.807, 2.05) is 0 Å². The molecule has 1 aromatic rings. The van der Waals surface area contributed by atoms with Crippen molar-refractivity contribution >= 4 is 17.2 Å². The van der Waals surface area contributed by atoms with E-state index in [1.165, 1.54) is 40.8 Å². The highest BCUT2D eigenvalue weighted by Crippen LogP contribution is 2.40. The van der Waals surface area contributed by atoms with Gasteiger partial charge in [-0.3, -0.25) is 4.90 Å². The van der Waals surface area contributed by atoms with Crippen LogP contribution in [0.3, 0.4) is 0 Å². The maximum atomic E-state index is 6.54. The molecule has 0 amide bonds. The van der Waals surface area contributed by atoms with E-state index in [0.717, 1.165) is 11.4 Å². The van der Waals surface area contributed by atoms with E-state index in [0.29, 0.717) is 18.0 Å². The molecule has 1 aromatic carbocycles. The molecule has 1 saturated heterocycles. The summed E-state index contributed by atoms with van der Waals surface area (Å²) in [6, 6.07) is 7.92. The second-order valence-electron chi connectivity index (χ2n) is 7.36. The van der Waals surface area contributed by atoms with E-state index in [-0.39, 0.29) is 0 Å². The molecule has 4 atom stereocenters. The molecule has 3 rings (SSSR count). The molecular weight excluding hydrogens is 302 g/mol. The Kier molecular flexibility index (Phi) is 4.71. The smallest absolute Gasteiger partial charge is 0.0441 e. The van der Waals surface area contributed by atoms with Gasteiger partial charge >= 0.3 is 0 Å². The molecule has 0 spiro atoms. The zero-order valence-electron chi connectivity index (χ0n) is 15.0. The van der Waals surface area contributed by atoms with Gasteiger partial charge in [0, 0.05) is 23.7 Å². The van der Waals surface area contributed by atoms with Gasteiger partial charge in [0.2, 0.25) is 0 Å². The number of rotatable bonds is 5. The van der Waals surface area contributed by atoms with E-state index in [4.69, 9.17) is 11.6 Å². The van der Waals surface area contributed by atoms with E-state index in [9.17, 15) is 0 Å². The van der Waals surface area contributed by atoms with Gasteiger partial charge in [-0.15, -0.1) is 0 Å². The molecule has 1 fully saturated rings. The van der Waals surface area contributed by atoms with Crippen molar-refractivity contribution in [1.82, 2.24) is 4.90 Å². The lowest BCUT2D eigenvalue weighted by atomic mass is 9.93. The Hall–Kier alpha value is -1.05. The number of hydrogen-bond donors (Lipinski definition) is 0. The van der Waals surface area contributed by atoms with Crippen LogP contribution < -0.4 is 0 Å². The summed E-state index contributed by atoms with van der Waals surface area (Å²) < 4.78 is 0. The third-order valence-corrected chi connectivity index (χ3v) is 6.15. The molecule has 0 aromatic heterocycles. The third-order valence-electron chi connectivity index (χ3n) is 5.80. The fourth-order valence-corrected chi connectivity index (χ4v) is 3.99. The molecule has 1 aliphatic heterocycles. The van der Waals surface area contributed by atoms with Gasteiger partial charge in [-0.1, -0.05) is 48.7 Å². The highest BCUT2D eigenvalue weighted by atomic mass is 35.5. The van der Waals surface area contributed by atoms with Crippen molar-refractivity contribution < 1.29 is 0 Å². The van der Waals surface area contributed by atoms with Gasteiger partial charge < -0.3 is 0 Å². The van der Waals surface area contributed by atoms with Gasteiger partial charge in [-0.2, -0.15) is 0 Å². The minimum Gasteiger partial charge on any atom is -0.294 e. The Bertz CT molecular complexity index is 670. The van der Waals surface area contributed by atoms with Crippen LogP contribution in [0.5, 0.6) is 0 Å². The van der Waals surface area contributed by atoms with Crippen molar-refractivity contribution in [3.63, 3.8) is 0 Å². The summed E-state index contributed by atoms with van der Waals surface area (Å²) in [5, 5.41) is 0.914. The first kappa shape index (κ1) is 16.8. The zero-order chi connectivity index (χ0) is 16.7. The van der Waals surface area contributed by atoms with Crippen LogP contribution in [0.4, 0.5) is 0 Å². The summed E-state index contributed by atoms with van der Waals surface area (Å²) in [5.41, 5.74) is 6.97. The van der Waals surface area contributed by atoms with Gasteiger partial charge in [0.1, 0.15) is 0 Å². The molecular formula is C21H28ClN. The molecule has 0 saturated carbocycles. The van der Waals surface area contributed by atoms with Crippen molar-refractivity contribution in [2.45, 2.75) is 65.5 Å². The van der Waals surface area contributed by atoms with Crippen LogP contribution in [-0.4, -0.2) is 23.5 Å². The standard InChI is InChI=1S/C21H28ClN/c1-6-15(4)23-12-21(23)16(5)19-11-17(7-8-20(19)22)18-9-13(2)14(3)10-18/h7-9,11,15-16,21H,6,10,12H2,1-5H3/t15?,16?,21-,23?/m1/s1. The molecule has 1 heterocycles. The SMILES string of the molecule is CCC(C)N1C[C@@H]1C(C)c1cc(C2=CC(C)=C(C)C2)ccc1Cl. The van der Waals surface area contributed by atoms with E-state index in [1.54, 1.807) is 0 Å². The molecule has 0 bridgehead atoms. The van der Waals surface area contributed by atoms with Crippen LogP contribution in [0.25, 0.3) is 5.57 Å². The van der Waals surface area contributed by atoms with Gasteiger partial charge in [0.25, 0.3) is 0 Å². The largest absolute Gasteiger partial charge is 0.294 e. The summed E-state index contributed by atoms with van der Waals surface area (Å²) in [6.45, 7) is 12.6. The molecule has 23 heavy (non-hydrogen) atoms. The number of nitrogens with zero attached hydrogens (tertiary/aromatic N) is 1. The lowest BCUT2D eigenvalue weighted by Gasteiger charge is -2.18. The highest BCUT2D eigenvalue weighted by molar-refractivity contribution is 6.31. The zero-order valence-corrected chi connectivity index (χ0v) is 15.7. The molecule has 1 aliphatic carbocycles. The first-order chi connectivity index (χ1) is 10.9. The monoisotopic (exact) mass is 329 g/mol. The molecule has 0 N–H and O–H groups in total. The topological polar surface area (TPSA) is 3.01 Å². The van der Waals surface area contributed by atoms with Crippen molar-refractivity contribution in [2.75, 3.05) is 6.54 Å². The Morgan fingerprint density at radius 3 is 2.61 bits per heavy atom. The van der Waals surface area contributed by atoms with Crippen LogP contribution in [0.2, 0.25) is 5.02 Å². The summed E-state index contributed by atoms with van der Waals surface area (Å²) in [6.07, 6.45) is 4.62. The summed E-state index contributed by atoms with van der Waals surface area (Å²) in [7, 11) is 0. The quantitative estimate of drug-likeness (QED) is 0.594. The number of halogens is 1. The Morgan fingerprint density at radius 2 is 2.00 bits per heavy atom. The fraction of sp³-hybridized carbons (Fsp3) is 0.524. The first-order valence-electron chi connectivity index (χ1n) is 8.84. The van der Waals surface area contributed by atoms with Gasteiger partial charge in [0.15, 0.2) is 0 Å². The second-order valence-corrected chi connectivity index (χ2v) is 7.76. The maximum Gasteiger partial charge on any atom is 0.0441 e. The minimum absolute atomic E-state index is 0.494. The first-order valence-corrected chi connectivity index (χ1v) is 9.22. The predicted molar refractivity (Wildman–Crippen MR) is 101 cm³/mol. The molecule has 124 valence electrons. The number of hydrogen-bond acceptors (Lipinski definition) is 1. The van der Waals surface area contributed by atoms with Gasteiger partial charge in [-0.25, -0.2) is 0 Å². The van der Waals surface area contributed by atoms with Crippen molar-refractivity contribution in [3.8, 4) is 0 Å². The average molecular weight is 330 g/mol. The number of benzene rings is 1. The Balaban J connectivity index is 1.81. The van der Waals surface area contributed by atoms with E-state index in [2.05, 4.69) is 63.8 Å². The van der Waals surface area contributed by atoms with Crippen molar-refractivity contribution in [3.05, 3.63) is 51.6 Å². The molecule has 2 heteroatoms. The lowest BCUT2D eigenvalue weighted by Crippen LogP contribution is -2.18. The molecule has 3 unspecified atom stereocenters. The summed E-state index contributed by atoms with van der Waals surface area (Å²) in [4.78, 5) is 2.60. The molecule has 1 nitrogen and oxygen atoms in total. The normalized spacial score (nSPS) is 26.3. The van der Waals surface area contributed by atoms with E-state index < -0.39 is 0 Å². The lowest BCUT2D eigenvalue weighted by molar-refractivity contribution is 0.370. The second kappa shape index (κ2) is 6.45. The Labute approximate surface area is 146 Å². The van der Waals surface area contributed by atoms with E-state index >= 15 is 0 Å². The van der Waals surface area contributed by atoms with Crippen LogP contribution in [-0.2, 0) is 0 Å². The predicted octanol–water partition coefficient (Wildman–Crippen LogP) is 6.05. The third kappa shape index (κ3) is 3.27. The molecule has 0 radical (unpaired) electrons. The van der Waals surface area contributed by atoms with Crippen LogP contribution in [0, 0.1) is 0 Å². The van der Waals surface area contributed by atoms with Crippen molar-refractivity contribution in [1.29, 1.82) is 0 Å². The van der Waals surface area contributed by atoms with Crippen molar-refractivity contribution in [2.24, 2.45) is 0 Å².